The fourth-order valence-electron chi connectivity index (χ4n) is 4.95. The lowest BCUT2D eigenvalue weighted by atomic mass is 9.91. The van der Waals surface area contributed by atoms with Gasteiger partial charge in [-0.1, -0.05) is 55.3 Å². The van der Waals surface area contributed by atoms with E-state index < -0.39 is 64.7 Å². The van der Waals surface area contributed by atoms with Crippen molar-refractivity contribution in [2.75, 3.05) is 0 Å². The third-order valence-electron chi connectivity index (χ3n) is 7.61. The van der Waals surface area contributed by atoms with Crippen molar-refractivity contribution in [1.82, 2.24) is 15.5 Å². The topological polar surface area (TPSA) is 157 Å². The molecule has 2 aromatic rings. The lowest BCUT2D eigenvalue weighted by Gasteiger charge is -2.45. The molecule has 2 aromatic carbocycles. The minimum atomic E-state index is -1.31. The molecule has 2 rings (SSSR count). The average Bonchev–Trinajstić information content (AvgIpc) is 2.99. The lowest BCUT2D eigenvalue weighted by Crippen LogP contribution is -2.60. The van der Waals surface area contributed by atoms with Crippen LogP contribution >= 0.6 is 0 Å². The van der Waals surface area contributed by atoms with E-state index in [1.54, 1.807) is 79.7 Å². The fraction of sp³-hybridized carbons (Fsp3) is 0.500. The Morgan fingerprint density at radius 1 is 0.837 bits per heavy atom. The Labute approximate surface area is 290 Å². The average molecular weight is 677 g/mol. The van der Waals surface area contributed by atoms with Crippen molar-refractivity contribution in [3.63, 3.8) is 0 Å². The Bertz CT molecular complexity index is 1500. The van der Waals surface area contributed by atoms with Crippen molar-refractivity contribution in [2.45, 2.75) is 123 Å². The van der Waals surface area contributed by atoms with Crippen molar-refractivity contribution in [3.05, 3.63) is 71.3 Å². The summed E-state index contributed by atoms with van der Waals surface area (Å²) in [5.41, 5.74) is 4.47. The summed E-state index contributed by atoms with van der Waals surface area (Å²) in [7, 11) is 0. The van der Waals surface area contributed by atoms with Crippen molar-refractivity contribution in [1.29, 1.82) is 0 Å². The van der Waals surface area contributed by atoms with Crippen LogP contribution in [0.4, 0.5) is 4.79 Å². The third-order valence-corrected chi connectivity index (χ3v) is 7.61. The van der Waals surface area contributed by atoms with Crippen LogP contribution in [0, 0.1) is 12.3 Å². The second-order valence-corrected chi connectivity index (χ2v) is 14.5. The number of carbonyl (C=O) groups is 5. The number of hydrogen-bond donors (Lipinski definition) is 3. The van der Waals surface area contributed by atoms with Crippen LogP contribution < -0.4 is 16.4 Å². The van der Waals surface area contributed by atoms with Gasteiger partial charge in [-0.25, -0.2) is 9.59 Å². The summed E-state index contributed by atoms with van der Waals surface area (Å²) >= 11 is 0. The summed E-state index contributed by atoms with van der Waals surface area (Å²) in [6.45, 7) is 15.7. The quantitative estimate of drug-likeness (QED) is 0.189. The molecule has 11 nitrogen and oxygen atoms in total. The number of amides is 4. The highest BCUT2D eigenvalue weighted by Crippen LogP contribution is 2.33. The predicted molar refractivity (Wildman–Crippen MR) is 188 cm³/mol. The van der Waals surface area contributed by atoms with E-state index in [0.717, 1.165) is 5.56 Å². The zero-order valence-corrected chi connectivity index (χ0v) is 30.2. The minimum absolute atomic E-state index is 0.122. The van der Waals surface area contributed by atoms with E-state index in [0.29, 0.717) is 17.5 Å². The van der Waals surface area contributed by atoms with Crippen LogP contribution in [0.5, 0.6) is 0 Å². The monoisotopic (exact) mass is 676 g/mol. The lowest BCUT2D eigenvalue weighted by molar-refractivity contribution is -0.159. The molecule has 0 bridgehead atoms. The van der Waals surface area contributed by atoms with Gasteiger partial charge < -0.3 is 30.7 Å². The van der Waals surface area contributed by atoms with Crippen LogP contribution in [-0.4, -0.2) is 63.5 Å². The van der Waals surface area contributed by atoms with Crippen LogP contribution in [0.3, 0.4) is 0 Å². The number of alkyl carbamates (subject to hydrolysis) is 1. The van der Waals surface area contributed by atoms with Gasteiger partial charge in [-0.2, -0.15) is 0 Å². The number of nitrogens with zero attached hydrogens (tertiary/aromatic N) is 1. The molecule has 0 heterocycles. The van der Waals surface area contributed by atoms with Gasteiger partial charge in [0.15, 0.2) is 0 Å². The van der Waals surface area contributed by atoms with Gasteiger partial charge in [0.05, 0.1) is 0 Å². The Hall–Kier alpha value is -4.85. The number of hydrogen-bond acceptors (Lipinski definition) is 7. The van der Waals surface area contributed by atoms with Crippen LogP contribution in [0.2, 0.25) is 0 Å². The molecule has 4 amide bonds. The zero-order valence-electron chi connectivity index (χ0n) is 30.2. The predicted octanol–water partition coefficient (Wildman–Crippen LogP) is 4.95. The second-order valence-electron chi connectivity index (χ2n) is 14.5. The number of nitrogens with two attached hydrogens (primary N) is 1. The van der Waals surface area contributed by atoms with Gasteiger partial charge in [0.25, 0.3) is 0 Å². The minimum Gasteiger partial charge on any atom is -0.458 e. The van der Waals surface area contributed by atoms with E-state index in [4.69, 9.17) is 21.6 Å². The molecule has 0 saturated carbocycles. The number of primary amides is 1. The summed E-state index contributed by atoms with van der Waals surface area (Å²) in [5.74, 6) is -0.0952. The Morgan fingerprint density at radius 3 is 1.90 bits per heavy atom. The van der Waals surface area contributed by atoms with E-state index in [1.807, 2.05) is 37.3 Å². The Balaban J connectivity index is 2.74. The van der Waals surface area contributed by atoms with Crippen LogP contribution in [0.15, 0.2) is 54.6 Å². The molecule has 11 heteroatoms. The van der Waals surface area contributed by atoms with Gasteiger partial charge in [0.1, 0.15) is 29.3 Å². The maximum atomic E-state index is 14.7. The normalized spacial score (nSPS) is 13.6. The smallest absolute Gasteiger partial charge is 0.408 e. The van der Waals surface area contributed by atoms with Gasteiger partial charge in [-0.3, -0.25) is 14.4 Å². The van der Waals surface area contributed by atoms with Crippen molar-refractivity contribution in [2.24, 2.45) is 5.73 Å². The van der Waals surface area contributed by atoms with Gasteiger partial charge >= 0.3 is 12.1 Å². The number of rotatable bonds is 14. The SMILES string of the molecule is C#Cc1ccc(C(C(=O)NC(Cc2ccccc2)C(=O)OC(C)(C)C)N(C(=O)C(CCC(N)=O)NC(=O)OC(C)(C)C)C(C)(C)CC)cc1. The first kappa shape index (κ1) is 40.3. The van der Waals surface area contributed by atoms with Crippen LogP contribution in [-0.2, 0) is 35.1 Å². The molecule has 3 unspecified atom stereocenters. The van der Waals surface area contributed by atoms with Gasteiger partial charge in [0, 0.05) is 23.9 Å². The third kappa shape index (κ3) is 12.9. The number of nitrogens with one attached hydrogen (secondary N) is 2. The highest BCUT2D eigenvalue weighted by molar-refractivity contribution is 5.94. The molecule has 0 saturated heterocycles. The fourth-order valence-corrected chi connectivity index (χ4v) is 4.95. The second kappa shape index (κ2) is 17.0. The van der Waals surface area contributed by atoms with E-state index in [-0.39, 0.29) is 19.3 Å². The molecule has 0 aliphatic heterocycles. The molecule has 0 spiro atoms. The first-order chi connectivity index (χ1) is 22.7. The van der Waals surface area contributed by atoms with Crippen molar-refractivity contribution in [3.8, 4) is 12.3 Å². The molecule has 0 aliphatic rings. The van der Waals surface area contributed by atoms with Gasteiger partial charge in [-0.15, -0.1) is 6.42 Å². The maximum Gasteiger partial charge on any atom is 0.408 e. The largest absolute Gasteiger partial charge is 0.458 e. The molecule has 49 heavy (non-hydrogen) atoms. The molecular formula is C38H52N4O7. The molecule has 266 valence electrons. The summed E-state index contributed by atoms with van der Waals surface area (Å²) < 4.78 is 11.1. The highest BCUT2D eigenvalue weighted by atomic mass is 16.6. The van der Waals surface area contributed by atoms with E-state index in [1.165, 1.54) is 4.90 Å². The molecular weight excluding hydrogens is 624 g/mol. The number of ether oxygens (including phenoxy) is 2. The van der Waals surface area contributed by atoms with E-state index in [9.17, 15) is 24.0 Å². The Morgan fingerprint density at radius 2 is 1.41 bits per heavy atom. The highest BCUT2D eigenvalue weighted by Gasteiger charge is 2.44. The molecule has 3 atom stereocenters. The summed E-state index contributed by atoms with van der Waals surface area (Å²) in [4.78, 5) is 69.1. The van der Waals surface area contributed by atoms with Crippen molar-refractivity contribution < 1.29 is 33.4 Å². The van der Waals surface area contributed by atoms with Gasteiger partial charge in [0.2, 0.25) is 17.7 Å². The first-order valence-corrected chi connectivity index (χ1v) is 16.4. The molecule has 4 N–H and O–H groups in total. The summed E-state index contributed by atoms with van der Waals surface area (Å²) in [6.07, 6.45) is 4.87. The first-order valence-electron chi connectivity index (χ1n) is 16.4. The van der Waals surface area contributed by atoms with Gasteiger partial charge in [-0.05, 0) is 91.5 Å². The van der Waals surface area contributed by atoms with E-state index >= 15 is 0 Å². The van der Waals surface area contributed by atoms with Crippen molar-refractivity contribution >= 4 is 29.8 Å². The Kier molecular flexibility index (Phi) is 14.0. The van der Waals surface area contributed by atoms with Crippen LogP contribution in [0.1, 0.15) is 104 Å². The molecule has 0 aliphatic carbocycles. The standard InChI is InChI=1S/C38H52N4O7/c1-11-25-18-20-27(21-19-25)31(32(44)40-29(34(46)48-36(3,4)5)24-26-16-14-13-15-17-26)42(38(9,10)12-2)33(45)28(22-23-30(39)43)41-35(47)49-37(6,7)8/h1,13-21,28-29,31H,12,22-24H2,2-10H3,(H2,39,43)(H,40,44)(H,41,47). The number of esters is 1. The maximum absolute atomic E-state index is 14.7. The summed E-state index contributed by atoms with van der Waals surface area (Å²) in [5, 5.41) is 5.47. The van der Waals surface area contributed by atoms with Crippen LogP contribution in [0.25, 0.3) is 0 Å². The molecule has 0 aromatic heterocycles. The number of terminal acetylenes is 1. The summed E-state index contributed by atoms with van der Waals surface area (Å²) in [6, 6.07) is 12.0. The molecule has 0 radical (unpaired) electrons. The van der Waals surface area contributed by atoms with E-state index in [2.05, 4.69) is 16.6 Å². The number of carbonyl (C=O) groups excluding carboxylic acids is 5. The zero-order chi connectivity index (χ0) is 37.2. The molecule has 0 fully saturated rings. The number of benzene rings is 2.